The van der Waals surface area contributed by atoms with Crippen LogP contribution in [0.1, 0.15) is 73.0 Å². The molecule has 0 bridgehead atoms. The Kier molecular flexibility index (Phi) is 25.1. The average Bonchev–Trinajstić information content (AvgIpc) is 1.64. The van der Waals surface area contributed by atoms with E-state index in [-0.39, 0.29) is 49.0 Å². The molecule has 4 fully saturated rings. The number of anilines is 3. The number of hydrogen-bond donors (Lipinski definition) is 18. The monoisotopic (exact) mass is 1460 g/mol. The lowest BCUT2D eigenvalue weighted by molar-refractivity contribution is -0.125. The van der Waals surface area contributed by atoms with E-state index in [1.165, 1.54) is 63.7 Å². The summed E-state index contributed by atoms with van der Waals surface area (Å²) < 4.78 is 40.6. The fraction of sp³-hybridized carbons (Fsp3) is 0.418. The molecule has 37 nitrogen and oxygen atoms in total. The number of aliphatic imine (C=N–C) groups is 1. The van der Waals surface area contributed by atoms with E-state index in [0.29, 0.717) is 68.4 Å². The number of aliphatic hydroxyl groups excluding tert-OH is 8. The molecule has 18 atom stereocenters. The molecular formula is C67H86FN21O16. The van der Waals surface area contributed by atoms with Crippen LogP contribution in [0.15, 0.2) is 140 Å². The number of nitrogens with one attached hydrogen (secondary N) is 4. The first-order valence-corrected chi connectivity index (χ1v) is 33.4. The molecule has 5 aliphatic rings. The number of imidazole rings is 3. The fourth-order valence-corrected chi connectivity index (χ4v) is 12.3. The number of amidine groups is 1. The van der Waals surface area contributed by atoms with Gasteiger partial charge in [0.15, 0.2) is 41.9 Å². The van der Waals surface area contributed by atoms with Gasteiger partial charge in [-0.25, -0.2) is 39.3 Å². The molecule has 4 saturated heterocycles. The molecule has 2 aromatic carbocycles. The maximum absolute atomic E-state index is 13.0. The summed E-state index contributed by atoms with van der Waals surface area (Å²) in [6, 6.07) is 13.8. The number of nitrogen functional groups attached to an aromatic ring is 3. The summed E-state index contributed by atoms with van der Waals surface area (Å²) in [6.45, 7) is 7.80. The molecule has 0 spiro atoms. The first-order chi connectivity index (χ1) is 50.3. The van der Waals surface area contributed by atoms with Crippen molar-refractivity contribution in [1.29, 1.82) is 0 Å². The number of pyridine rings is 3. The van der Waals surface area contributed by atoms with Crippen molar-refractivity contribution in [3.63, 3.8) is 0 Å². The third kappa shape index (κ3) is 16.8. The normalized spacial score (nSPS) is 26.8. The maximum atomic E-state index is 13.0. The standard InChI is InChI=1S/C18H18FN5O4.C18H19N5O4.C16H24N6O4.C15H25N5O4/c19-10-3-1-9(2-4-10)17(27)23-14-12(7-25)28-18(15(14)26)24-8-22-13-11(20)5-6-21-16(13)24;19-11-6-7-20-16-13(11)21-9-23(16)18-15(25)14(12(8-24)27-18)22-17(26)10-4-2-1-3-5-10;1-7(2)10(18)15(25)21-12-9(5-23)26-16(13(12)24)22-6-20-11-8(17)3-4-19-14(11)22;1-3-4-9(16)14(23)19-12-10(7-21)24-15(13(12)22)20-6-5-11(17)18-8(20)2/h1-6,8,12,14-15,18,25-26H,7H2,(H2,20,21)(H,23,27);1-7,9,12,14-15,18,24-25H,8H2,(H2,19,20)(H,22,26);3-4,6-7,9-10,12-13,16,23-24H,5,18H2,1-2H3,(H2,17,19)(H,21,25);5-6,9-10,12-13,15,21-22H,2-4,7,16H2,1H3,(H2,17,18)(H,19,23)/t2*12-,14+,15?,18-;9-,10?,12+,13?,16-;9?,10-,12+,13?,15-/m1111/s1. The highest BCUT2D eigenvalue weighted by atomic mass is 19.1. The van der Waals surface area contributed by atoms with Gasteiger partial charge >= 0.3 is 0 Å². The summed E-state index contributed by atoms with van der Waals surface area (Å²) >= 11 is 0. The van der Waals surface area contributed by atoms with E-state index in [2.05, 4.69) is 62.7 Å². The number of ether oxygens (including phenoxy) is 4. The van der Waals surface area contributed by atoms with Crippen LogP contribution >= 0.6 is 0 Å². The van der Waals surface area contributed by atoms with E-state index < -0.39 is 134 Å². The molecule has 562 valence electrons. The molecule has 13 rings (SSSR count). The van der Waals surface area contributed by atoms with Crippen LogP contribution in [0.2, 0.25) is 0 Å². The zero-order valence-corrected chi connectivity index (χ0v) is 57.1. The third-order valence-electron chi connectivity index (χ3n) is 18.1. The number of rotatable bonds is 19. The van der Waals surface area contributed by atoms with Crippen LogP contribution in [0.5, 0.6) is 0 Å². The molecule has 4 amide bonds. The minimum atomic E-state index is -1.19. The van der Waals surface area contributed by atoms with Gasteiger partial charge in [0.1, 0.15) is 82.9 Å². The molecule has 0 saturated carbocycles. The number of aromatic nitrogens is 9. The fourth-order valence-electron chi connectivity index (χ4n) is 12.3. The Hall–Kier alpha value is -10.3. The van der Waals surface area contributed by atoms with Crippen LogP contribution < -0.4 is 55.7 Å². The predicted octanol–water partition coefficient (Wildman–Crippen LogP) is -2.67. The van der Waals surface area contributed by atoms with E-state index in [1.54, 1.807) is 65.4 Å². The molecule has 0 radical (unpaired) electrons. The summed E-state index contributed by atoms with van der Waals surface area (Å²) in [5.74, 6) is -1.63. The predicted molar refractivity (Wildman–Crippen MR) is 375 cm³/mol. The first-order valence-electron chi connectivity index (χ1n) is 33.4. The number of aliphatic hydroxyl groups is 8. The van der Waals surface area contributed by atoms with Gasteiger partial charge in [-0.05, 0) is 73.0 Å². The minimum absolute atomic E-state index is 0.0670. The van der Waals surface area contributed by atoms with Crippen LogP contribution in [0, 0.1) is 11.7 Å². The number of carbonyl (C=O) groups excluding carboxylic acids is 4. The zero-order valence-electron chi connectivity index (χ0n) is 57.1. The van der Waals surface area contributed by atoms with Crippen molar-refractivity contribution in [2.75, 3.05) is 43.6 Å². The van der Waals surface area contributed by atoms with Crippen LogP contribution in [-0.2, 0) is 28.5 Å². The van der Waals surface area contributed by atoms with Gasteiger partial charge < -0.3 is 120 Å². The average molecular weight is 1460 g/mol. The molecule has 6 unspecified atom stereocenters. The van der Waals surface area contributed by atoms with Gasteiger partial charge in [-0.1, -0.05) is 52.0 Å². The van der Waals surface area contributed by atoms with Gasteiger partial charge in [-0.15, -0.1) is 0 Å². The Morgan fingerprint density at radius 3 is 1.29 bits per heavy atom. The lowest BCUT2D eigenvalue weighted by Crippen LogP contribution is -2.54. The minimum Gasteiger partial charge on any atom is -0.397 e. The van der Waals surface area contributed by atoms with E-state index in [4.69, 9.17) is 53.3 Å². The number of benzene rings is 2. The van der Waals surface area contributed by atoms with E-state index in [0.717, 1.165) is 18.6 Å². The topological polar surface area (TPSA) is 579 Å². The Labute approximate surface area is 598 Å². The summed E-state index contributed by atoms with van der Waals surface area (Å²) in [5.41, 5.74) is 39.6. The van der Waals surface area contributed by atoms with Gasteiger partial charge in [0.05, 0.1) is 98.7 Å². The van der Waals surface area contributed by atoms with Gasteiger partial charge in [-0.3, -0.25) is 32.9 Å². The summed E-state index contributed by atoms with van der Waals surface area (Å²) in [7, 11) is 0. The molecular weight excluding hydrogens is 1370 g/mol. The van der Waals surface area contributed by atoms with Crippen LogP contribution in [0.25, 0.3) is 33.5 Å². The van der Waals surface area contributed by atoms with Crippen molar-refractivity contribution in [3.8, 4) is 0 Å². The lowest BCUT2D eigenvalue weighted by atomic mass is 10.0. The molecule has 24 N–H and O–H groups in total. The van der Waals surface area contributed by atoms with Crippen molar-refractivity contribution in [1.82, 2.24) is 69.8 Å². The second-order valence-electron chi connectivity index (χ2n) is 25.4. The highest BCUT2D eigenvalue weighted by molar-refractivity contribution is 5.95. The van der Waals surface area contributed by atoms with Crippen molar-refractivity contribution < 1.29 is 83.4 Å². The second kappa shape index (κ2) is 34.1. The Bertz CT molecular complexity index is 4400. The van der Waals surface area contributed by atoms with Gasteiger partial charge in [0.2, 0.25) is 11.8 Å². The van der Waals surface area contributed by atoms with Crippen LogP contribution in [0.4, 0.5) is 21.5 Å². The molecule has 0 aliphatic carbocycles. The summed E-state index contributed by atoms with van der Waals surface area (Å²) in [5, 5.41) is 92.0. The molecule has 5 aliphatic heterocycles. The van der Waals surface area contributed by atoms with Gasteiger partial charge in [-0.2, -0.15) is 0 Å². The van der Waals surface area contributed by atoms with Crippen molar-refractivity contribution in [2.45, 2.75) is 144 Å². The first kappa shape index (κ1) is 77.3. The second-order valence-corrected chi connectivity index (χ2v) is 25.4. The highest BCUT2D eigenvalue weighted by Gasteiger charge is 2.50. The molecule has 38 heteroatoms. The van der Waals surface area contributed by atoms with Gasteiger partial charge in [0.25, 0.3) is 11.8 Å². The number of nitrogens with zero attached hydrogens (tertiary/aromatic N) is 11. The number of carbonyl (C=O) groups is 4. The Morgan fingerprint density at radius 1 is 0.533 bits per heavy atom. The summed E-state index contributed by atoms with van der Waals surface area (Å²) in [6.07, 6.45) is 2.07. The number of hydrogen-bond acceptors (Lipinski definition) is 30. The lowest BCUT2D eigenvalue weighted by Gasteiger charge is -2.30. The van der Waals surface area contributed by atoms with Crippen molar-refractivity contribution in [3.05, 3.63) is 152 Å². The van der Waals surface area contributed by atoms with E-state index in [1.807, 2.05) is 20.8 Å². The van der Waals surface area contributed by atoms with Crippen LogP contribution in [0.3, 0.4) is 0 Å². The van der Waals surface area contributed by atoms with E-state index >= 15 is 0 Å². The van der Waals surface area contributed by atoms with Gasteiger partial charge in [0, 0.05) is 35.9 Å². The Morgan fingerprint density at radius 2 is 0.905 bits per heavy atom. The quantitative estimate of drug-likeness (QED) is 0.0393. The highest BCUT2D eigenvalue weighted by Crippen LogP contribution is 2.36. The number of halogens is 1. The third-order valence-corrected chi connectivity index (χ3v) is 18.1. The molecule has 8 aromatic rings. The Balaban J connectivity index is 0.000000150. The molecule has 6 aromatic heterocycles. The van der Waals surface area contributed by atoms with Crippen LogP contribution in [-0.4, -0.2) is 237 Å². The summed E-state index contributed by atoms with van der Waals surface area (Å²) in [4.78, 5) is 80.1. The number of amides is 4. The maximum Gasteiger partial charge on any atom is 0.251 e. The zero-order chi connectivity index (χ0) is 75.7. The molecule has 11 heterocycles. The number of nitrogens with two attached hydrogens (primary N) is 6. The van der Waals surface area contributed by atoms with E-state index in [9.17, 15) is 64.4 Å². The van der Waals surface area contributed by atoms with Crippen molar-refractivity contribution in [2.24, 2.45) is 28.1 Å². The number of fused-ring (bicyclic) bond motifs is 3. The largest absolute Gasteiger partial charge is 0.397 e. The SMILES string of the molecule is C=C1N=C(N)C=CN1[C@@H]1O[C@H](CO)[C@H](NC(=O)C(N)CCC)C1O.CC(C)C(N)C(=O)N[C@@H]1C(O)[C@H](n2cnc3c(N)ccnc32)O[C@@H]1CO.Nc1ccnc2c1ncn2[C@@H]1O[C@H](CO)[C@H](NC(=O)c2ccc(F)cc2)C1O.Nc1ccnc2c1ncn2[C@@H]1O[C@H](CO)[C@H](NC(=O)c2ccccc2)C1O. The molecule has 105 heavy (non-hydrogen) atoms. The smallest absolute Gasteiger partial charge is 0.251 e. The van der Waals surface area contributed by atoms with Crippen molar-refractivity contribution >= 4 is 80.0 Å².